The zero-order valence-electron chi connectivity index (χ0n) is 21.6. The van der Waals surface area contributed by atoms with Gasteiger partial charge in [-0.2, -0.15) is 4.68 Å². The van der Waals surface area contributed by atoms with E-state index in [0.29, 0.717) is 38.8 Å². The Bertz CT molecular complexity index is 1600. The predicted octanol–water partition coefficient (Wildman–Crippen LogP) is 2.89. The Morgan fingerprint density at radius 2 is 1.83 bits per heavy atom. The summed E-state index contributed by atoms with van der Waals surface area (Å²) in [5.74, 6) is -1.01. The molecule has 0 saturated carbocycles. The highest BCUT2D eigenvalue weighted by atomic mass is 35.5. The monoisotopic (exact) mass is 611 g/mol. The predicted molar refractivity (Wildman–Crippen MR) is 153 cm³/mol. The molecule has 5 N–H and O–H groups in total. The molecule has 2 aromatic carbocycles. The van der Waals surface area contributed by atoms with Crippen LogP contribution in [-0.2, 0) is 9.59 Å². The third-order valence-electron chi connectivity index (χ3n) is 5.72. The van der Waals surface area contributed by atoms with Crippen molar-refractivity contribution in [3.8, 4) is 16.9 Å². The van der Waals surface area contributed by atoms with Crippen LogP contribution in [0.25, 0.3) is 23.0 Å². The number of rotatable bonds is 11. The molecule has 0 bridgehead atoms. The van der Waals surface area contributed by atoms with Gasteiger partial charge in [0.25, 0.3) is 0 Å². The lowest BCUT2D eigenvalue weighted by Crippen LogP contribution is -2.34. The van der Waals surface area contributed by atoms with Gasteiger partial charge in [-0.15, -0.1) is 15.3 Å². The number of nitrogens with zero attached hydrogens (tertiary/aromatic N) is 6. The van der Waals surface area contributed by atoms with Crippen molar-refractivity contribution >= 4 is 52.9 Å². The van der Waals surface area contributed by atoms with E-state index in [4.69, 9.17) is 33.4 Å². The minimum absolute atomic E-state index is 0.0262. The van der Waals surface area contributed by atoms with Crippen LogP contribution in [-0.4, -0.2) is 71.7 Å². The molecule has 0 aliphatic rings. The molecule has 0 aliphatic heterocycles. The molecule has 1 atom stereocenters. The number of anilines is 1. The highest BCUT2D eigenvalue weighted by Crippen LogP contribution is 2.28. The number of tetrazole rings is 1. The topological polar surface area (TPSA) is 197 Å². The van der Waals surface area contributed by atoms with Crippen LogP contribution in [0, 0.1) is 0 Å². The maximum atomic E-state index is 13.1. The molecule has 2 aromatic heterocycles. The second-order valence-corrected chi connectivity index (χ2v) is 9.41. The molecule has 4 aromatic rings. The Balaban J connectivity index is 1.61. The van der Waals surface area contributed by atoms with Gasteiger partial charge in [-0.3, -0.25) is 14.9 Å². The normalized spacial score (nSPS) is 11.7. The Morgan fingerprint density at radius 3 is 2.52 bits per heavy atom. The molecule has 0 aliphatic carbocycles. The zero-order chi connectivity index (χ0) is 30.1. The quantitative estimate of drug-likeness (QED) is 0.157. The number of hydrogen-bond acceptors (Lipinski definition) is 9. The maximum Gasteiger partial charge on any atom is 0.409 e. The average Bonchev–Trinajstić information content (AvgIpc) is 3.50. The van der Waals surface area contributed by atoms with Gasteiger partial charge in [0.2, 0.25) is 11.8 Å². The summed E-state index contributed by atoms with van der Waals surface area (Å²) >= 11 is 12.5. The molecule has 4 rings (SSSR count). The van der Waals surface area contributed by atoms with E-state index in [1.165, 1.54) is 23.2 Å². The molecular weight excluding hydrogens is 589 g/mol. The van der Waals surface area contributed by atoms with Gasteiger partial charge in [0.05, 0.1) is 30.5 Å². The number of benzene rings is 2. The number of amides is 3. The Hall–Kier alpha value is -4.92. The number of carboxylic acid groups (broad SMARTS) is 1. The van der Waals surface area contributed by atoms with Crippen molar-refractivity contribution in [3.63, 3.8) is 0 Å². The van der Waals surface area contributed by atoms with Crippen molar-refractivity contribution < 1.29 is 24.6 Å². The Kier molecular flexibility index (Phi) is 10.1. The molecular formula is C26H23Cl2N9O5. The van der Waals surface area contributed by atoms with E-state index in [1.807, 2.05) is 0 Å². The van der Waals surface area contributed by atoms with Gasteiger partial charge in [0.15, 0.2) is 5.15 Å². The van der Waals surface area contributed by atoms with Crippen LogP contribution in [0.1, 0.15) is 23.6 Å². The van der Waals surface area contributed by atoms with E-state index in [0.717, 1.165) is 0 Å². The molecule has 0 fully saturated rings. The van der Waals surface area contributed by atoms with Crippen molar-refractivity contribution in [2.45, 2.75) is 12.5 Å². The minimum atomic E-state index is -1.20. The van der Waals surface area contributed by atoms with Gasteiger partial charge in [0, 0.05) is 40.0 Å². The number of aliphatic hydroxyl groups excluding tert-OH is 1. The van der Waals surface area contributed by atoms with Crippen LogP contribution >= 0.6 is 23.2 Å². The first kappa shape index (κ1) is 30.0. The van der Waals surface area contributed by atoms with Crippen LogP contribution in [0.2, 0.25) is 10.2 Å². The molecule has 0 saturated heterocycles. The van der Waals surface area contributed by atoms with Crippen LogP contribution < -0.4 is 16.0 Å². The van der Waals surface area contributed by atoms with Crippen molar-refractivity contribution in [3.05, 3.63) is 82.2 Å². The number of carbonyl (C=O) groups is 3. The van der Waals surface area contributed by atoms with Gasteiger partial charge in [-0.25, -0.2) is 4.79 Å². The zero-order valence-corrected chi connectivity index (χ0v) is 23.1. The van der Waals surface area contributed by atoms with E-state index in [-0.39, 0.29) is 24.7 Å². The van der Waals surface area contributed by atoms with Gasteiger partial charge >= 0.3 is 6.09 Å². The molecule has 0 spiro atoms. The first-order valence-electron chi connectivity index (χ1n) is 12.3. The van der Waals surface area contributed by atoms with Crippen molar-refractivity contribution in [2.24, 2.45) is 0 Å². The van der Waals surface area contributed by atoms with E-state index in [9.17, 15) is 14.4 Å². The maximum absolute atomic E-state index is 13.1. The second kappa shape index (κ2) is 14.1. The summed E-state index contributed by atoms with van der Waals surface area (Å²) in [7, 11) is 0. The molecule has 3 amide bonds. The fourth-order valence-electron chi connectivity index (χ4n) is 3.84. The molecule has 16 heteroatoms. The van der Waals surface area contributed by atoms with Gasteiger partial charge in [-0.05, 0) is 52.9 Å². The van der Waals surface area contributed by atoms with E-state index in [1.54, 1.807) is 48.5 Å². The second-order valence-electron chi connectivity index (χ2n) is 8.61. The smallest absolute Gasteiger partial charge is 0.409 e. The fraction of sp³-hybridized carbons (Fsp3) is 0.154. The fourth-order valence-corrected chi connectivity index (χ4v) is 4.25. The number of nitrogens with one attached hydrogen (secondary N) is 3. The molecule has 0 radical (unpaired) electrons. The van der Waals surface area contributed by atoms with Crippen molar-refractivity contribution in [1.29, 1.82) is 0 Å². The Labute approximate surface area is 248 Å². The highest BCUT2D eigenvalue weighted by Gasteiger charge is 2.22. The molecule has 42 heavy (non-hydrogen) atoms. The molecule has 216 valence electrons. The van der Waals surface area contributed by atoms with E-state index < -0.39 is 23.9 Å². The molecule has 2 heterocycles. The lowest BCUT2D eigenvalue weighted by molar-refractivity contribution is -0.122. The summed E-state index contributed by atoms with van der Waals surface area (Å²) in [5.41, 5.74) is 2.74. The van der Waals surface area contributed by atoms with Crippen LogP contribution in [0.5, 0.6) is 0 Å². The summed E-state index contributed by atoms with van der Waals surface area (Å²) in [4.78, 5) is 36.6. The highest BCUT2D eigenvalue weighted by molar-refractivity contribution is 6.31. The third-order valence-corrected chi connectivity index (χ3v) is 6.25. The number of carbonyl (C=O) groups excluding carboxylic acids is 2. The number of aromatic nitrogens is 6. The van der Waals surface area contributed by atoms with Crippen LogP contribution in [0.3, 0.4) is 0 Å². The third kappa shape index (κ3) is 8.06. The number of hydrogen-bond donors (Lipinski definition) is 5. The lowest BCUT2D eigenvalue weighted by atomic mass is 10.0. The summed E-state index contributed by atoms with van der Waals surface area (Å²) < 4.78 is 1.41. The molecule has 14 nitrogen and oxygen atoms in total. The van der Waals surface area contributed by atoms with Crippen molar-refractivity contribution in [2.75, 3.05) is 18.5 Å². The summed E-state index contributed by atoms with van der Waals surface area (Å²) in [6.45, 7) is -0.235. The number of halogens is 2. The minimum Gasteiger partial charge on any atom is -0.465 e. The van der Waals surface area contributed by atoms with E-state index in [2.05, 4.69) is 41.7 Å². The van der Waals surface area contributed by atoms with Crippen LogP contribution in [0.15, 0.2) is 60.9 Å². The van der Waals surface area contributed by atoms with Crippen LogP contribution in [0.4, 0.5) is 10.5 Å². The first-order chi connectivity index (χ1) is 20.2. The SMILES string of the molecule is O=C(O)Nc1ccc(-c2cc(C(CC(=O)NCCO)NC(=O)C=Cc3cc(Cl)ccc3-n3cnnn3)c(Cl)nn2)cc1. The molecule has 1 unspecified atom stereocenters. The standard InChI is InChI=1S/C26H23Cl2N9O5/c27-17-4-7-22(37-14-30-35-36-37)16(11-17)3-8-23(39)32-21(13-24(40)29-9-10-38)19-12-20(33-34-25(19)28)15-1-5-18(6-2-15)31-26(41)42/h1-8,11-12,14,21,31,38H,9-10,13H2,(H,29,40)(H,32,39)(H,41,42). The first-order valence-corrected chi connectivity index (χ1v) is 13.0. The Morgan fingerprint density at radius 1 is 1.05 bits per heavy atom. The largest absolute Gasteiger partial charge is 0.465 e. The summed E-state index contributed by atoms with van der Waals surface area (Å²) in [6, 6.07) is 12.0. The number of aliphatic hydroxyl groups is 1. The lowest BCUT2D eigenvalue weighted by Gasteiger charge is -2.19. The summed E-state index contributed by atoms with van der Waals surface area (Å²) in [5, 5.41) is 45.2. The van der Waals surface area contributed by atoms with Gasteiger partial charge in [0.1, 0.15) is 6.33 Å². The summed E-state index contributed by atoms with van der Waals surface area (Å²) in [6.07, 6.45) is 2.75. The van der Waals surface area contributed by atoms with Gasteiger partial charge < -0.3 is 20.8 Å². The van der Waals surface area contributed by atoms with Crippen molar-refractivity contribution in [1.82, 2.24) is 41.0 Å². The average molecular weight is 612 g/mol. The van der Waals surface area contributed by atoms with Gasteiger partial charge in [-0.1, -0.05) is 35.3 Å². The van der Waals surface area contributed by atoms with E-state index >= 15 is 0 Å².